The number of aromatic amines is 1. The van der Waals surface area contributed by atoms with Crippen molar-refractivity contribution in [2.45, 2.75) is 12.8 Å². The first-order valence-corrected chi connectivity index (χ1v) is 6.61. The fraction of sp³-hybridized carbons (Fsp3) is 0.429. The number of benzene rings is 1. The van der Waals surface area contributed by atoms with Crippen LogP contribution in [0.1, 0.15) is 23.2 Å². The van der Waals surface area contributed by atoms with E-state index in [1.54, 1.807) is 6.20 Å². The van der Waals surface area contributed by atoms with Crippen LogP contribution in [0, 0.1) is 5.92 Å². The van der Waals surface area contributed by atoms with Crippen molar-refractivity contribution in [3.8, 4) is 0 Å². The Morgan fingerprint density at radius 1 is 1.42 bits per heavy atom. The van der Waals surface area contributed by atoms with Gasteiger partial charge in [-0.3, -0.25) is 9.89 Å². The fourth-order valence-electron chi connectivity index (χ4n) is 2.58. The number of carbonyl (C=O) groups is 1. The standard InChI is InChI=1S/C14H17N3O2/c18-9-10-3-5-17(6-4-10)14(19)11-1-2-13-12(7-11)8-15-16-13/h1-2,7-8,10,18H,3-6,9H2,(H,15,16). The quantitative estimate of drug-likeness (QED) is 0.856. The van der Waals surface area contributed by atoms with Crippen molar-refractivity contribution in [1.82, 2.24) is 15.1 Å². The van der Waals surface area contributed by atoms with Gasteiger partial charge in [0.1, 0.15) is 0 Å². The van der Waals surface area contributed by atoms with Crippen LogP contribution in [-0.4, -0.2) is 45.8 Å². The Kier molecular flexibility index (Phi) is 3.21. The Morgan fingerprint density at radius 2 is 2.21 bits per heavy atom. The van der Waals surface area contributed by atoms with Crippen LogP contribution in [0.2, 0.25) is 0 Å². The van der Waals surface area contributed by atoms with E-state index in [4.69, 9.17) is 5.11 Å². The van der Waals surface area contributed by atoms with Crippen molar-refractivity contribution in [2.24, 2.45) is 5.92 Å². The van der Waals surface area contributed by atoms with Gasteiger partial charge in [-0.15, -0.1) is 0 Å². The number of H-pyrrole nitrogens is 1. The number of carbonyl (C=O) groups excluding carboxylic acids is 1. The maximum Gasteiger partial charge on any atom is 0.253 e. The molecule has 100 valence electrons. The zero-order chi connectivity index (χ0) is 13.2. The lowest BCUT2D eigenvalue weighted by Crippen LogP contribution is -2.39. The summed E-state index contributed by atoms with van der Waals surface area (Å²) in [7, 11) is 0. The van der Waals surface area contributed by atoms with E-state index in [9.17, 15) is 4.79 Å². The normalized spacial score (nSPS) is 17.0. The van der Waals surface area contributed by atoms with Crippen molar-refractivity contribution in [3.05, 3.63) is 30.0 Å². The minimum absolute atomic E-state index is 0.0690. The van der Waals surface area contributed by atoms with Gasteiger partial charge in [0, 0.05) is 30.6 Å². The molecule has 19 heavy (non-hydrogen) atoms. The van der Waals surface area contributed by atoms with E-state index in [0.717, 1.165) is 36.8 Å². The van der Waals surface area contributed by atoms with Gasteiger partial charge < -0.3 is 10.0 Å². The van der Waals surface area contributed by atoms with Crippen molar-refractivity contribution in [3.63, 3.8) is 0 Å². The molecule has 0 saturated carbocycles. The first-order valence-electron chi connectivity index (χ1n) is 6.61. The first kappa shape index (κ1) is 12.2. The highest BCUT2D eigenvalue weighted by molar-refractivity contribution is 5.97. The molecule has 5 heteroatoms. The highest BCUT2D eigenvalue weighted by Gasteiger charge is 2.23. The lowest BCUT2D eigenvalue weighted by atomic mass is 9.97. The summed E-state index contributed by atoms with van der Waals surface area (Å²) in [4.78, 5) is 14.3. The summed E-state index contributed by atoms with van der Waals surface area (Å²) in [6.07, 6.45) is 3.50. The summed E-state index contributed by atoms with van der Waals surface area (Å²) in [5, 5.41) is 16.9. The molecule has 0 aliphatic carbocycles. The lowest BCUT2D eigenvalue weighted by Gasteiger charge is -2.31. The molecule has 2 N–H and O–H groups in total. The monoisotopic (exact) mass is 259 g/mol. The average Bonchev–Trinajstić information content (AvgIpc) is 2.94. The van der Waals surface area contributed by atoms with Gasteiger partial charge in [-0.1, -0.05) is 0 Å². The second kappa shape index (κ2) is 5.01. The third kappa shape index (κ3) is 2.33. The number of likely N-dealkylation sites (tertiary alicyclic amines) is 1. The molecule has 1 aromatic carbocycles. The van der Waals surface area contributed by atoms with Gasteiger partial charge in [0.2, 0.25) is 0 Å². The van der Waals surface area contributed by atoms with E-state index >= 15 is 0 Å². The highest BCUT2D eigenvalue weighted by Crippen LogP contribution is 2.20. The molecule has 0 atom stereocenters. The van der Waals surface area contributed by atoms with Crippen LogP contribution in [-0.2, 0) is 0 Å². The molecule has 5 nitrogen and oxygen atoms in total. The van der Waals surface area contributed by atoms with Crippen molar-refractivity contribution in [1.29, 1.82) is 0 Å². The predicted octanol–water partition coefficient (Wildman–Crippen LogP) is 1.41. The fourth-order valence-corrected chi connectivity index (χ4v) is 2.58. The largest absolute Gasteiger partial charge is 0.396 e. The summed E-state index contributed by atoms with van der Waals surface area (Å²) in [5.74, 6) is 0.417. The summed E-state index contributed by atoms with van der Waals surface area (Å²) >= 11 is 0. The van der Waals surface area contributed by atoms with E-state index < -0.39 is 0 Å². The summed E-state index contributed by atoms with van der Waals surface area (Å²) < 4.78 is 0. The number of fused-ring (bicyclic) bond motifs is 1. The summed E-state index contributed by atoms with van der Waals surface area (Å²) in [5.41, 5.74) is 1.65. The number of hydrogen-bond acceptors (Lipinski definition) is 3. The molecule has 3 rings (SSSR count). The van der Waals surface area contributed by atoms with Crippen molar-refractivity contribution < 1.29 is 9.90 Å². The number of amides is 1. The average molecular weight is 259 g/mol. The van der Waals surface area contributed by atoms with Crippen LogP contribution in [0.4, 0.5) is 0 Å². The third-order valence-corrected chi connectivity index (χ3v) is 3.85. The number of nitrogens with zero attached hydrogens (tertiary/aromatic N) is 2. The van der Waals surface area contributed by atoms with Gasteiger partial charge in [0.05, 0.1) is 11.7 Å². The van der Waals surface area contributed by atoms with Crippen LogP contribution in [0.15, 0.2) is 24.4 Å². The van der Waals surface area contributed by atoms with E-state index in [-0.39, 0.29) is 12.5 Å². The molecule has 1 aliphatic rings. The van der Waals surface area contributed by atoms with Gasteiger partial charge in [-0.2, -0.15) is 5.10 Å². The Morgan fingerprint density at radius 3 is 2.95 bits per heavy atom. The Hall–Kier alpha value is -1.88. The molecule has 2 aromatic rings. The Labute approximate surface area is 111 Å². The highest BCUT2D eigenvalue weighted by atomic mass is 16.3. The van der Waals surface area contributed by atoms with Crippen LogP contribution < -0.4 is 0 Å². The van der Waals surface area contributed by atoms with Crippen LogP contribution in [0.3, 0.4) is 0 Å². The molecular formula is C14H17N3O2. The maximum absolute atomic E-state index is 12.4. The molecule has 1 fully saturated rings. The van der Waals surface area contributed by atoms with Gasteiger partial charge in [0.25, 0.3) is 5.91 Å². The summed E-state index contributed by atoms with van der Waals surface area (Å²) in [6, 6.07) is 5.59. The molecular weight excluding hydrogens is 242 g/mol. The lowest BCUT2D eigenvalue weighted by molar-refractivity contribution is 0.0651. The first-order chi connectivity index (χ1) is 9.28. The van der Waals surface area contributed by atoms with E-state index in [0.29, 0.717) is 11.5 Å². The number of nitrogens with one attached hydrogen (secondary N) is 1. The minimum Gasteiger partial charge on any atom is -0.396 e. The summed E-state index contributed by atoms with van der Waals surface area (Å²) in [6.45, 7) is 1.68. The number of piperidine rings is 1. The topological polar surface area (TPSA) is 69.2 Å². The SMILES string of the molecule is O=C(c1ccc2[nH]ncc2c1)N1CCC(CO)CC1. The van der Waals surface area contributed by atoms with Gasteiger partial charge in [0.15, 0.2) is 0 Å². The molecule has 0 bridgehead atoms. The zero-order valence-electron chi connectivity index (χ0n) is 10.7. The van der Waals surface area contributed by atoms with E-state index in [2.05, 4.69) is 10.2 Å². The van der Waals surface area contributed by atoms with Gasteiger partial charge >= 0.3 is 0 Å². The molecule has 1 aromatic heterocycles. The van der Waals surface area contributed by atoms with Crippen LogP contribution in [0.5, 0.6) is 0 Å². The number of aromatic nitrogens is 2. The number of aliphatic hydroxyl groups excluding tert-OH is 1. The number of hydrogen-bond donors (Lipinski definition) is 2. The maximum atomic E-state index is 12.4. The minimum atomic E-state index is 0.0690. The van der Waals surface area contributed by atoms with Crippen molar-refractivity contribution >= 4 is 16.8 Å². The Balaban J connectivity index is 1.76. The second-order valence-electron chi connectivity index (χ2n) is 5.09. The number of rotatable bonds is 2. The van der Waals surface area contributed by atoms with E-state index in [1.165, 1.54) is 0 Å². The van der Waals surface area contributed by atoms with Gasteiger partial charge in [-0.25, -0.2) is 0 Å². The molecule has 0 unspecified atom stereocenters. The molecule has 1 amide bonds. The molecule has 1 saturated heterocycles. The van der Waals surface area contributed by atoms with E-state index in [1.807, 2.05) is 23.1 Å². The third-order valence-electron chi connectivity index (χ3n) is 3.85. The molecule has 2 heterocycles. The zero-order valence-corrected chi connectivity index (χ0v) is 10.7. The second-order valence-corrected chi connectivity index (χ2v) is 5.09. The smallest absolute Gasteiger partial charge is 0.253 e. The number of aliphatic hydroxyl groups is 1. The molecule has 0 spiro atoms. The van der Waals surface area contributed by atoms with Crippen LogP contribution in [0.25, 0.3) is 10.9 Å². The Bertz CT molecular complexity index is 585. The van der Waals surface area contributed by atoms with Crippen molar-refractivity contribution in [2.75, 3.05) is 19.7 Å². The van der Waals surface area contributed by atoms with Gasteiger partial charge in [-0.05, 0) is 37.0 Å². The molecule has 0 radical (unpaired) electrons. The van der Waals surface area contributed by atoms with Crippen LogP contribution >= 0.6 is 0 Å². The molecule has 1 aliphatic heterocycles. The predicted molar refractivity (Wildman–Crippen MR) is 71.8 cm³/mol.